The number of tetrazole rings is 1. The summed E-state index contributed by atoms with van der Waals surface area (Å²) in [5.41, 5.74) is 0.992. The minimum atomic E-state index is 0.477. The summed E-state index contributed by atoms with van der Waals surface area (Å²) in [4.78, 5) is 0. The van der Waals surface area contributed by atoms with Crippen LogP contribution in [-0.4, -0.2) is 26.2 Å². The van der Waals surface area contributed by atoms with E-state index in [0.717, 1.165) is 17.4 Å². The summed E-state index contributed by atoms with van der Waals surface area (Å²) in [6, 6.07) is 10.5. The molecular weight excluding hydrogens is 262 g/mol. The first-order valence-corrected chi connectivity index (χ1v) is 7.73. The van der Waals surface area contributed by atoms with Crippen LogP contribution in [0.25, 0.3) is 5.69 Å². The zero-order valence-electron chi connectivity index (χ0n) is 13.2. The van der Waals surface area contributed by atoms with Crippen molar-refractivity contribution in [3.8, 4) is 5.69 Å². The van der Waals surface area contributed by atoms with Crippen molar-refractivity contribution in [2.75, 3.05) is 0 Å². The average Bonchev–Trinajstić information content (AvgIpc) is 2.94. The Bertz CT molecular complexity index is 520. The van der Waals surface area contributed by atoms with E-state index in [0.29, 0.717) is 12.6 Å². The highest BCUT2D eigenvalue weighted by Gasteiger charge is 2.09. The van der Waals surface area contributed by atoms with Gasteiger partial charge in [0.05, 0.1) is 12.2 Å². The smallest absolute Gasteiger partial charge is 0.170 e. The van der Waals surface area contributed by atoms with E-state index in [1.165, 1.54) is 19.3 Å². The molecule has 2 rings (SSSR count). The molecule has 114 valence electrons. The van der Waals surface area contributed by atoms with Crippen LogP contribution in [0.5, 0.6) is 0 Å². The fraction of sp³-hybridized carbons (Fsp3) is 0.562. The highest BCUT2D eigenvalue weighted by atomic mass is 15.5. The second-order valence-corrected chi connectivity index (χ2v) is 5.95. The summed E-state index contributed by atoms with van der Waals surface area (Å²) in [6.45, 7) is 7.44. The second kappa shape index (κ2) is 7.88. The molecule has 1 aromatic carbocycles. The number of para-hydroxylation sites is 1. The molecule has 5 heteroatoms. The maximum absolute atomic E-state index is 4.11. The van der Waals surface area contributed by atoms with Crippen molar-refractivity contribution in [2.24, 2.45) is 5.92 Å². The summed E-state index contributed by atoms with van der Waals surface area (Å²) in [5.74, 6) is 1.62. The predicted octanol–water partition coefficient (Wildman–Crippen LogP) is 2.97. The van der Waals surface area contributed by atoms with Crippen LogP contribution in [0.4, 0.5) is 0 Å². The van der Waals surface area contributed by atoms with Gasteiger partial charge in [0.15, 0.2) is 5.82 Å². The Hall–Kier alpha value is -1.75. The Kier molecular flexibility index (Phi) is 5.87. The molecule has 1 unspecified atom stereocenters. The first-order chi connectivity index (χ1) is 10.2. The first-order valence-electron chi connectivity index (χ1n) is 7.73. The monoisotopic (exact) mass is 287 g/mol. The van der Waals surface area contributed by atoms with Crippen molar-refractivity contribution in [1.29, 1.82) is 0 Å². The van der Waals surface area contributed by atoms with Crippen molar-refractivity contribution >= 4 is 0 Å². The molecule has 1 N–H and O–H groups in total. The van der Waals surface area contributed by atoms with Crippen LogP contribution < -0.4 is 5.32 Å². The molecule has 1 heterocycles. The number of aromatic nitrogens is 4. The second-order valence-electron chi connectivity index (χ2n) is 5.95. The van der Waals surface area contributed by atoms with Crippen molar-refractivity contribution in [3.63, 3.8) is 0 Å². The topological polar surface area (TPSA) is 55.6 Å². The third kappa shape index (κ3) is 4.93. The van der Waals surface area contributed by atoms with Gasteiger partial charge in [-0.25, -0.2) is 0 Å². The van der Waals surface area contributed by atoms with Crippen molar-refractivity contribution < 1.29 is 0 Å². The predicted molar refractivity (Wildman–Crippen MR) is 84.1 cm³/mol. The van der Waals surface area contributed by atoms with Crippen LogP contribution in [-0.2, 0) is 6.54 Å². The Morgan fingerprint density at radius 3 is 2.57 bits per heavy atom. The van der Waals surface area contributed by atoms with Crippen LogP contribution in [0.1, 0.15) is 45.9 Å². The fourth-order valence-corrected chi connectivity index (χ4v) is 2.29. The molecule has 0 saturated carbocycles. The molecule has 0 aliphatic heterocycles. The lowest BCUT2D eigenvalue weighted by atomic mass is 10.0. The van der Waals surface area contributed by atoms with Gasteiger partial charge in [-0.15, -0.1) is 5.10 Å². The summed E-state index contributed by atoms with van der Waals surface area (Å²) in [6.07, 6.45) is 3.73. The molecule has 1 atom stereocenters. The maximum atomic E-state index is 4.11. The van der Waals surface area contributed by atoms with E-state index >= 15 is 0 Å². The van der Waals surface area contributed by atoms with Crippen molar-refractivity contribution in [3.05, 3.63) is 36.2 Å². The number of nitrogens with one attached hydrogen (secondary N) is 1. The van der Waals surface area contributed by atoms with E-state index in [4.69, 9.17) is 0 Å². The number of nitrogens with zero attached hydrogens (tertiary/aromatic N) is 4. The van der Waals surface area contributed by atoms with Gasteiger partial charge in [0.25, 0.3) is 0 Å². The Balaban J connectivity index is 1.86. The summed E-state index contributed by atoms with van der Waals surface area (Å²) in [7, 11) is 0. The van der Waals surface area contributed by atoms with E-state index in [1.807, 2.05) is 30.3 Å². The number of hydrogen-bond acceptors (Lipinski definition) is 4. The first kappa shape index (κ1) is 15.6. The highest BCUT2D eigenvalue weighted by Crippen LogP contribution is 2.10. The molecule has 21 heavy (non-hydrogen) atoms. The summed E-state index contributed by atoms with van der Waals surface area (Å²) < 4.78 is 1.79. The zero-order chi connectivity index (χ0) is 15.1. The molecule has 2 aromatic rings. The van der Waals surface area contributed by atoms with Gasteiger partial charge < -0.3 is 5.32 Å². The molecule has 5 nitrogen and oxygen atoms in total. The maximum Gasteiger partial charge on any atom is 0.170 e. The largest absolute Gasteiger partial charge is 0.307 e. The zero-order valence-corrected chi connectivity index (χ0v) is 13.2. The van der Waals surface area contributed by atoms with E-state index < -0.39 is 0 Å². The van der Waals surface area contributed by atoms with Crippen LogP contribution in [0.15, 0.2) is 30.3 Å². The molecule has 0 saturated heterocycles. The lowest BCUT2D eigenvalue weighted by Crippen LogP contribution is -2.27. The molecule has 1 aromatic heterocycles. The van der Waals surface area contributed by atoms with Crippen LogP contribution in [0, 0.1) is 5.92 Å². The fourth-order valence-electron chi connectivity index (χ4n) is 2.29. The summed E-state index contributed by atoms with van der Waals surface area (Å²) in [5, 5.41) is 15.5. The minimum absolute atomic E-state index is 0.477. The molecular formula is C16H25N5. The molecule has 0 aliphatic rings. The normalized spacial score (nSPS) is 12.8. The number of hydrogen-bond donors (Lipinski definition) is 1. The van der Waals surface area contributed by atoms with Crippen LogP contribution in [0.2, 0.25) is 0 Å². The Morgan fingerprint density at radius 1 is 1.10 bits per heavy atom. The third-order valence-electron chi connectivity index (χ3n) is 3.56. The number of benzene rings is 1. The van der Waals surface area contributed by atoms with Gasteiger partial charge in [0, 0.05) is 6.04 Å². The van der Waals surface area contributed by atoms with E-state index in [9.17, 15) is 0 Å². The Labute approximate surface area is 126 Å². The van der Waals surface area contributed by atoms with Gasteiger partial charge in [-0.05, 0) is 41.8 Å². The van der Waals surface area contributed by atoms with Crippen molar-refractivity contribution in [2.45, 2.75) is 52.6 Å². The van der Waals surface area contributed by atoms with Gasteiger partial charge in [0.2, 0.25) is 0 Å². The van der Waals surface area contributed by atoms with Crippen LogP contribution in [0.3, 0.4) is 0 Å². The van der Waals surface area contributed by atoms with Crippen LogP contribution >= 0.6 is 0 Å². The van der Waals surface area contributed by atoms with Crippen molar-refractivity contribution in [1.82, 2.24) is 25.5 Å². The molecule has 0 radical (unpaired) electrons. The lowest BCUT2D eigenvalue weighted by molar-refractivity contribution is 0.451. The standard InChI is InChI=1S/C16H25N5/c1-13(2)8-7-9-14(3)17-12-16-18-19-20-21(16)15-10-5-4-6-11-15/h4-6,10-11,13-14,17H,7-9,12H2,1-3H3. The van der Waals surface area contributed by atoms with E-state index in [-0.39, 0.29) is 0 Å². The quantitative estimate of drug-likeness (QED) is 0.811. The Morgan fingerprint density at radius 2 is 1.86 bits per heavy atom. The van der Waals surface area contributed by atoms with E-state index in [1.54, 1.807) is 4.68 Å². The molecule has 0 spiro atoms. The van der Waals surface area contributed by atoms with Gasteiger partial charge in [0.1, 0.15) is 0 Å². The molecule has 0 fully saturated rings. The molecule has 0 aliphatic carbocycles. The minimum Gasteiger partial charge on any atom is -0.307 e. The third-order valence-corrected chi connectivity index (χ3v) is 3.56. The SMILES string of the molecule is CC(C)CCCC(C)NCc1nnnn1-c1ccccc1. The van der Waals surface area contributed by atoms with Gasteiger partial charge >= 0.3 is 0 Å². The van der Waals surface area contributed by atoms with Gasteiger partial charge in [-0.2, -0.15) is 4.68 Å². The van der Waals surface area contributed by atoms with Gasteiger partial charge in [-0.3, -0.25) is 0 Å². The molecule has 0 amide bonds. The average molecular weight is 287 g/mol. The highest BCUT2D eigenvalue weighted by molar-refractivity contribution is 5.30. The summed E-state index contributed by atoms with van der Waals surface area (Å²) >= 11 is 0. The van der Waals surface area contributed by atoms with E-state index in [2.05, 4.69) is 41.6 Å². The molecule has 0 bridgehead atoms. The lowest BCUT2D eigenvalue weighted by Gasteiger charge is -2.14. The number of rotatable bonds is 8. The van der Waals surface area contributed by atoms with Gasteiger partial charge in [-0.1, -0.05) is 44.9 Å².